The van der Waals surface area contributed by atoms with Crippen molar-refractivity contribution in [3.63, 3.8) is 0 Å². The zero-order valence-electron chi connectivity index (χ0n) is 13.1. The van der Waals surface area contributed by atoms with Crippen molar-refractivity contribution in [3.05, 3.63) is 29.5 Å². The highest BCUT2D eigenvalue weighted by Crippen LogP contribution is 2.28. The molecular formula is C15H20N2O4S. The van der Waals surface area contributed by atoms with Crippen LogP contribution in [-0.4, -0.2) is 38.8 Å². The first-order valence-electron chi connectivity index (χ1n) is 7.12. The topological polar surface area (TPSA) is 79.6 Å². The van der Waals surface area contributed by atoms with Crippen LogP contribution in [0.5, 0.6) is 0 Å². The average molecular weight is 324 g/mol. The van der Waals surface area contributed by atoms with Crippen LogP contribution in [0.4, 0.5) is 0 Å². The fourth-order valence-electron chi connectivity index (χ4n) is 2.40. The van der Waals surface area contributed by atoms with Crippen molar-refractivity contribution < 1.29 is 17.6 Å². The van der Waals surface area contributed by atoms with E-state index in [1.165, 1.54) is 17.4 Å². The second-order valence-electron chi connectivity index (χ2n) is 4.88. The van der Waals surface area contributed by atoms with E-state index in [1.54, 1.807) is 32.9 Å². The first-order valence-corrected chi connectivity index (χ1v) is 8.56. The Labute approximate surface area is 130 Å². The van der Waals surface area contributed by atoms with Crippen molar-refractivity contribution in [1.82, 2.24) is 9.62 Å². The van der Waals surface area contributed by atoms with Crippen LogP contribution in [0.2, 0.25) is 0 Å². The minimum absolute atomic E-state index is 0.204. The number of nitrogens with one attached hydrogen (secondary N) is 1. The number of aryl methyl sites for hydroxylation is 1. The number of furan rings is 1. The summed E-state index contributed by atoms with van der Waals surface area (Å²) in [7, 11) is -2.02. The summed E-state index contributed by atoms with van der Waals surface area (Å²) in [6.45, 7) is 6.15. The Bertz CT molecular complexity index is 804. The number of hydrogen-bond donors (Lipinski definition) is 1. The molecule has 22 heavy (non-hydrogen) atoms. The van der Waals surface area contributed by atoms with Gasteiger partial charge in [0, 0.05) is 31.1 Å². The third-order valence-corrected chi connectivity index (χ3v) is 5.73. The molecule has 0 saturated carbocycles. The maximum Gasteiger partial charge on any atom is 0.287 e. The molecule has 120 valence electrons. The first kappa shape index (κ1) is 16.5. The summed E-state index contributed by atoms with van der Waals surface area (Å²) in [5, 5.41) is 3.14. The summed E-state index contributed by atoms with van der Waals surface area (Å²) in [5.74, 6) is -0.128. The number of fused-ring (bicyclic) bond motifs is 1. The molecule has 2 rings (SSSR count). The maximum atomic E-state index is 12.6. The van der Waals surface area contributed by atoms with Gasteiger partial charge in [0.05, 0.1) is 4.90 Å². The van der Waals surface area contributed by atoms with Gasteiger partial charge in [0.25, 0.3) is 5.91 Å². The van der Waals surface area contributed by atoms with Gasteiger partial charge in [0.2, 0.25) is 10.0 Å². The largest absolute Gasteiger partial charge is 0.451 e. The Morgan fingerprint density at radius 3 is 2.45 bits per heavy atom. The highest BCUT2D eigenvalue weighted by atomic mass is 32.2. The van der Waals surface area contributed by atoms with E-state index in [0.29, 0.717) is 29.6 Å². The number of carbonyl (C=O) groups is 1. The maximum absolute atomic E-state index is 12.6. The van der Waals surface area contributed by atoms with Crippen LogP contribution in [0, 0.1) is 6.92 Å². The Morgan fingerprint density at radius 1 is 1.27 bits per heavy atom. The SMILES string of the molecule is CCN(CC)S(=O)(=O)c1ccc2oc(C(=O)NC)c(C)c2c1. The Hall–Kier alpha value is -1.86. The average Bonchev–Trinajstić information content (AvgIpc) is 2.84. The number of hydrogen-bond acceptors (Lipinski definition) is 4. The summed E-state index contributed by atoms with van der Waals surface area (Å²) in [6, 6.07) is 4.66. The summed E-state index contributed by atoms with van der Waals surface area (Å²) in [4.78, 5) is 12.0. The molecule has 1 aromatic heterocycles. The summed E-state index contributed by atoms with van der Waals surface area (Å²) < 4.78 is 32.0. The number of amides is 1. The second kappa shape index (κ2) is 6.10. The van der Waals surface area contributed by atoms with Crippen molar-refractivity contribution >= 4 is 26.9 Å². The van der Waals surface area contributed by atoms with Crippen LogP contribution in [0.1, 0.15) is 30.0 Å². The zero-order chi connectivity index (χ0) is 16.5. The molecule has 2 aromatic rings. The van der Waals surface area contributed by atoms with Gasteiger partial charge in [-0.15, -0.1) is 0 Å². The van der Waals surface area contributed by atoms with Gasteiger partial charge in [-0.2, -0.15) is 4.31 Å². The lowest BCUT2D eigenvalue weighted by Crippen LogP contribution is -2.30. The fraction of sp³-hybridized carbons (Fsp3) is 0.400. The zero-order valence-corrected chi connectivity index (χ0v) is 14.0. The summed E-state index contributed by atoms with van der Waals surface area (Å²) >= 11 is 0. The Balaban J connectivity index is 2.60. The van der Waals surface area contributed by atoms with Gasteiger partial charge in [0.15, 0.2) is 5.76 Å². The number of rotatable bonds is 5. The van der Waals surface area contributed by atoms with Gasteiger partial charge in [-0.3, -0.25) is 4.79 Å². The lowest BCUT2D eigenvalue weighted by molar-refractivity contribution is 0.0937. The van der Waals surface area contributed by atoms with Crippen molar-refractivity contribution in [2.75, 3.05) is 20.1 Å². The monoisotopic (exact) mass is 324 g/mol. The summed E-state index contributed by atoms with van der Waals surface area (Å²) in [5.41, 5.74) is 1.13. The van der Waals surface area contributed by atoms with Crippen LogP contribution < -0.4 is 5.32 Å². The first-order chi connectivity index (χ1) is 10.4. The van der Waals surface area contributed by atoms with Crippen molar-refractivity contribution in [3.8, 4) is 0 Å². The van der Waals surface area contributed by atoms with Crippen molar-refractivity contribution in [2.45, 2.75) is 25.7 Å². The van der Waals surface area contributed by atoms with E-state index >= 15 is 0 Å². The minimum Gasteiger partial charge on any atom is -0.451 e. The fourth-order valence-corrected chi connectivity index (χ4v) is 3.89. The van der Waals surface area contributed by atoms with Crippen LogP contribution >= 0.6 is 0 Å². The number of benzene rings is 1. The number of carbonyl (C=O) groups excluding carboxylic acids is 1. The van der Waals surface area contributed by atoms with Crippen LogP contribution in [0.3, 0.4) is 0 Å². The summed E-state index contributed by atoms with van der Waals surface area (Å²) in [6.07, 6.45) is 0. The molecule has 1 amide bonds. The van der Waals surface area contributed by atoms with Gasteiger partial charge >= 0.3 is 0 Å². The smallest absolute Gasteiger partial charge is 0.287 e. The third-order valence-electron chi connectivity index (χ3n) is 3.68. The Kier molecular flexibility index (Phi) is 4.58. The molecule has 6 nitrogen and oxygen atoms in total. The lowest BCUT2D eigenvalue weighted by Gasteiger charge is -2.18. The quantitative estimate of drug-likeness (QED) is 0.914. The number of nitrogens with zero attached hydrogens (tertiary/aromatic N) is 1. The predicted octanol–water partition coefficient (Wildman–Crippen LogP) is 2.13. The van der Waals surface area contributed by atoms with Crippen molar-refractivity contribution in [1.29, 1.82) is 0 Å². The van der Waals surface area contributed by atoms with Crippen LogP contribution in [0.25, 0.3) is 11.0 Å². The van der Waals surface area contributed by atoms with E-state index in [2.05, 4.69) is 5.32 Å². The highest BCUT2D eigenvalue weighted by Gasteiger charge is 2.24. The molecule has 0 unspecified atom stereocenters. The van der Waals surface area contributed by atoms with Gasteiger partial charge in [-0.25, -0.2) is 8.42 Å². The Morgan fingerprint density at radius 2 is 1.91 bits per heavy atom. The van der Waals surface area contributed by atoms with Gasteiger partial charge < -0.3 is 9.73 Å². The molecule has 7 heteroatoms. The van der Waals surface area contributed by atoms with E-state index in [0.717, 1.165) is 0 Å². The van der Waals surface area contributed by atoms with Crippen LogP contribution in [0.15, 0.2) is 27.5 Å². The van der Waals surface area contributed by atoms with Crippen LogP contribution in [-0.2, 0) is 10.0 Å². The van der Waals surface area contributed by atoms with Gasteiger partial charge in [0.1, 0.15) is 5.58 Å². The molecule has 0 spiro atoms. The molecule has 1 heterocycles. The van der Waals surface area contributed by atoms with E-state index < -0.39 is 10.0 Å². The molecule has 0 saturated heterocycles. The molecule has 0 radical (unpaired) electrons. The second-order valence-corrected chi connectivity index (χ2v) is 6.82. The molecule has 1 aromatic carbocycles. The highest BCUT2D eigenvalue weighted by molar-refractivity contribution is 7.89. The lowest BCUT2D eigenvalue weighted by atomic mass is 10.1. The minimum atomic E-state index is -3.53. The van der Waals surface area contributed by atoms with E-state index in [4.69, 9.17) is 4.42 Å². The molecule has 1 N–H and O–H groups in total. The van der Waals surface area contributed by atoms with Gasteiger partial charge in [-0.1, -0.05) is 13.8 Å². The van der Waals surface area contributed by atoms with Crippen molar-refractivity contribution in [2.24, 2.45) is 0 Å². The molecule has 0 fully saturated rings. The molecule has 0 aliphatic heterocycles. The molecule has 0 atom stereocenters. The molecule has 0 aliphatic rings. The molecule has 0 bridgehead atoms. The normalized spacial score (nSPS) is 12.0. The number of sulfonamides is 1. The standard InChI is InChI=1S/C15H20N2O4S/c1-5-17(6-2)22(19,20)11-7-8-13-12(9-11)10(3)14(21-13)15(18)16-4/h7-9H,5-6H2,1-4H3,(H,16,18). The molecule has 0 aliphatic carbocycles. The third kappa shape index (κ3) is 2.62. The van der Waals surface area contributed by atoms with E-state index in [-0.39, 0.29) is 16.6 Å². The van der Waals surface area contributed by atoms with Gasteiger partial charge in [-0.05, 0) is 25.1 Å². The van der Waals surface area contributed by atoms with E-state index in [1.807, 2.05) is 0 Å². The van der Waals surface area contributed by atoms with E-state index in [9.17, 15) is 13.2 Å². The predicted molar refractivity (Wildman–Crippen MR) is 84.4 cm³/mol. The molecular weight excluding hydrogens is 304 g/mol.